The second-order valence-electron chi connectivity index (χ2n) is 8.65. The Morgan fingerprint density at radius 2 is 2.03 bits per heavy atom. The number of nitrogens with zero attached hydrogens (tertiary/aromatic N) is 5. The Morgan fingerprint density at radius 3 is 2.74 bits per heavy atom. The van der Waals surface area contributed by atoms with Crippen molar-refractivity contribution < 1.29 is 9.50 Å². The number of halogens is 1. The number of anilines is 1. The van der Waals surface area contributed by atoms with Gasteiger partial charge < -0.3 is 15.3 Å². The van der Waals surface area contributed by atoms with E-state index in [0.29, 0.717) is 23.1 Å². The molecule has 2 saturated heterocycles. The van der Waals surface area contributed by atoms with Gasteiger partial charge in [-0.2, -0.15) is 5.10 Å². The minimum atomic E-state index is -0.924. The number of piperidine rings is 2. The average molecular weight is 423 g/mol. The number of benzene rings is 1. The van der Waals surface area contributed by atoms with E-state index in [1.54, 1.807) is 29.3 Å². The standard InChI is InChI=1S/C23H27FN6O/c1-29-13-15(10-27-29)14-6-7-17(21(31)8-14)19-11-26-22(12-25-19)30(2)20-9-16-4-3-5-18(28-16)23(20)24/h6-8,10-13,16,18,20,23,28,31H,3-5,9H2,1-2H3/t16-,18+,20-,23+/m1/s1. The molecule has 2 aliphatic heterocycles. The Labute approximate surface area is 180 Å². The SMILES string of the molecule is CN(c1cnc(-c2ccc(-c3cnn(C)c3)cc2O)cn1)[C@@H]1C[C@H]2CCC[C@H](N2)[C@@H]1F. The molecule has 2 bridgehead atoms. The first-order chi connectivity index (χ1) is 15.0. The second kappa shape index (κ2) is 7.92. The molecule has 2 N–H and O–H groups in total. The van der Waals surface area contributed by atoms with Crippen LogP contribution in [0.1, 0.15) is 25.7 Å². The monoisotopic (exact) mass is 422 g/mol. The predicted molar refractivity (Wildman–Crippen MR) is 118 cm³/mol. The summed E-state index contributed by atoms with van der Waals surface area (Å²) in [6.07, 6.45) is 9.89. The highest BCUT2D eigenvalue weighted by molar-refractivity contribution is 5.73. The maximum Gasteiger partial charge on any atom is 0.147 e. The molecule has 0 spiro atoms. The van der Waals surface area contributed by atoms with Crippen molar-refractivity contribution in [2.24, 2.45) is 7.05 Å². The summed E-state index contributed by atoms with van der Waals surface area (Å²) in [5.74, 6) is 0.773. The third-order valence-corrected chi connectivity index (χ3v) is 6.60. The van der Waals surface area contributed by atoms with Crippen LogP contribution in [0.4, 0.5) is 10.2 Å². The number of aromatic hydroxyl groups is 1. The van der Waals surface area contributed by atoms with Gasteiger partial charge >= 0.3 is 0 Å². The first kappa shape index (κ1) is 19.9. The maximum atomic E-state index is 15.0. The molecule has 1 aromatic carbocycles. The molecule has 5 rings (SSSR count). The lowest BCUT2D eigenvalue weighted by Crippen LogP contribution is -2.61. The average Bonchev–Trinajstić information content (AvgIpc) is 3.22. The maximum absolute atomic E-state index is 15.0. The largest absolute Gasteiger partial charge is 0.507 e. The first-order valence-electron chi connectivity index (χ1n) is 10.8. The summed E-state index contributed by atoms with van der Waals surface area (Å²) in [5, 5.41) is 18.2. The van der Waals surface area contributed by atoms with Gasteiger partial charge in [0.1, 0.15) is 17.7 Å². The number of fused-ring (bicyclic) bond motifs is 2. The van der Waals surface area contributed by atoms with E-state index in [9.17, 15) is 5.11 Å². The van der Waals surface area contributed by atoms with E-state index in [1.807, 2.05) is 37.3 Å². The van der Waals surface area contributed by atoms with Crippen LogP contribution in [0.5, 0.6) is 5.75 Å². The number of phenols is 1. The van der Waals surface area contributed by atoms with Crippen molar-refractivity contribution in [2.75, 3.05) is 11.9 Å². The first-order valence-corrected chi connectivity index (χ1v) is 10.8. The summed E-state index contributed by atoms with van der Waals surface area (Å²) in [4.78, 5) is 11.0. The van der Waals surface area contributed by atoms with Gasteiger partial charge in [0.05, 0.1) is 30.3 Å². The van der Waals surface area contributed by atoms with Gasteiger partial charge in [-0.15, -0.1) is 0 Å². The normalized spacial score (nSPS) is 25.4. The summed E-state index contributed by atoms with van der Waals surface area (Å²) in [5.41, 5.74) is 2.99. The molecular weight excluding hydrogens is 395 g/mol. The van der Waals surface area contributed by atoms with Crippen molar-refractivity contribution in [1.29, 1.82) is 0 Å². The lowest BCUT2D eigenvalue weighted by Gasteiger charge is -2.46. The fraction of sp³-hybridized carbons (Fsp3) is 0.435. The van der Waals surface area contributed by atoms with E-state index in [4.69, 9.17) is 0 Å². The molecule has 8 heteroatoms. The molecule has 7 nitrogen and oxygen atoms in total. The van der Waals surface area contributed by atoms with E-state index in [2.05, 4.69) is 20.4 Å². The zero-order chi connectivity index (χ0) is 21.5. The van der Waals surface area contributed by atoms with Gasteiger partial charge in [-0.3, -0.25) is 9.67 Å². The summed E-state index contributed by atoms with van der Waals surface area (Å²) in [7, 11) is 3.75. The zero-order valence-corrected chi connectivity index (χ0v) is 17.7. The summed E-state index contributed by atoms with van der Waals surface area (Å²) in [6.45, 7) is 0. The van der Waals surface area contributed by atoms with Gasteiger partial charge in [0.2, 0.25) is 0 Å². The van der Waals surface area contributed by atoms with Crippen molar-refractivity contribution in [3.63, 3.8) is 0 Å². The van der Waals surface area contributed by atoms with Crippen molar-refractivity contribution in [3.8, 4) is 28.1 Å². The highest BCUT2D eigenvalue weighted by atomic mass is 19.1. The van der Waals surface area contributed by atoms with Gasteiger partial charge in [0.15, 0.2) is 0 Å². The molecule has 31 heavy (non-hydrogen) atoms. The third-order valence-electron chi connectivity index (χ3n) is 6.60. The molecule has 0 saturated carbocycles. The molecule has 2 aliphatic rings. The number of hydrogen-bond donors (Lipinski definition) is 2. The van der Waals surface area contributed by atoms with Crippen LogP contribution in [0, 0.1) is 0 Å². The van der Waals surface area contributed by atoms with Gasteiger partial charge in [0.25, 0.3) is 0 Å². The fourth-order valence-electron chi connectivity index (χ4n) is 4.86. The Bertz CT molecular complexity index is 1070. The predicted octanol–water partition coefficient (Wildman–Crippen LogP) is 3.31. The van der Waals surface area contributed by atoms with Gasteiger partial charge in [0, 0.05) is 43.5 Å². The molecule has 0 aliphatic carbocycles. The second-order valence-corrected chi connectivity index (χ2v) is 8.65. The quantitative estimate of drug-likeness (QED) is 0.672. The van der Waals surface area contributed by atoms with Crippen molar-refractivity contribution >= 4 is 5.82 Å². The topological polar surface area (TPSA) is 79.1 Å². The fourth-order valence-corrected chi connectivity index (χ4v) is 4.86. The summed E-state index contributed by atoms with van der Waals surface area (Å²) in [6, 6.07) is 5.56. The molecule has 0 radical (unpaired) electrons. The molecule has 2 fully saturated rings. The van der Waals surface area contributed by atoms with Crippen LogP contribution in [0.3, 0.4) is 0 Å². The number of hydrogen-bond acceptors (Lipinski definition) is 6. The molecule has 4 atom stereocenters. The Balaban J connectivity index is 1.35. The van der Waals surface area contributed by atoms with Crippen LogP contribution in [0.2, 0.25) is 0 Å². The Hall–Kier alpha value is -3.00. The lowest BCUT2D eigenvalue weighted by molar-refractivity contribution is 0.107. The Morgan fingerprint density at radius 1 is 1.16 bits per heavy atom. The number of rotatable bonds is 4. The van der Waals surface area contributed by atoms with E-state index in [-0.39, 0.29) is 17.8 Å². The van der Waals surface area contributed by atoms with Crippen LogP contribution >= 0.6 is 0 Å². The molecule has 0 unspecified atom stereocenters. The van der Waals surface area contributed by atoms with Crippen LogP contribution in [0.15, 0.2) is 43.0 Å². The number of phenolic OH excluding ortho intramolecular Hbond substituents is 1. The van der Waals surface area contributed by atoms with E-state index in [1.165, 1.54) is 0 Å². The van der Waals surface area contributed by atoms with E-state index >= 15 is 4.39 Å². The minimum absolute atomic E-state index is 0.0672. The van der Waals surface area contributed by atoms with E-state index < -0.39 is 6.17 Å². The molecule has 0 amide bonds. The number of alkyl halides is 1. The van der Waals surface area contributed by atoms with Crippen LogP contribution in [0.25, 0.3) is 22.4 Å². The zero-order valence-electron chi connectivity index (χ0n) is 17.7. The minimum Gasteiger partial charge on any atom is -0.507 e. The highest BCUT2D eigenvalue weighted by Crippen LogP contribution is 2.34. The van der Waals surface area contributed by atoms with Gasteiger partial charge in [-0.25, -0.2) is 9.37 Å². The summed E-state index contributed by atoms with van der Waals surface area (Å²) >= 11 is 0. The smallest absolute Gasteiger partial charge is 0.147 e. The van der Waals surface area contributed by atoms with Gasteiger partial charge in [-0.1, -0.05) is 12.5 Å². The molecule has 4 heterocycles. The van der Waals surface area contributed by atoms with Crippen LogP contribution < -0.4 is 10.2 Å². The Kier molecular flexibility index (Phi) is 5.09. The van der Waals surface area contributed by atoms with Crippen LogP contribution in [-0.2, 0) is 7.05 Å². The van der Waals surface area contributed by atoms with Crippen molar-refractivity contribution in [1.82, 2.24) is 25.1 Å². The summed E-state index contributed by atoms with van der Waals surface area (Å²) < 4.78 is 16.8. The van der Waals surface area contributed by atoms with Crippen LogP contribution in [-0.4, -0.2) is 56.2 Å². The number of aromatic nitrogens is 4. The number of aryl methyl sites for hydroxylation is 1. The van der Waals surface area contributed by atoms with Crippen molar-refractivity contribution in [3.05, 3.63) is 43.0 Å². The molecular formula is C23H27FN6O. The lowest BCUT2D eigenvalue weighted by atomic mass is 9.82. The third kappa shape index (κ3) is 3.76. The number of nitrogens with one attached hydrogen (secondary N) is 1. The molecule has 2 aromatic heterocycles. The molecule has 3 aromatic rings. The molecule has 162 valence electrons. The van der Waals surface area contributed by atoms with Crippen molar-refractivity contribution in [2.45, 2.75) is 50.0 Å². The van der Waals surface area contributed by atoms with E-state index in [0.717, 1.165) is 36.8 Å². The highest BCUT2D eigenvalue weighted by Gasteiger charge is 2.41. The van der Waals surface area contributed by atoms with Gasteiger partial charge in [-0.05, 0) is 37.0 Å².